The fraction of sp³-hybridized carbons (Fsp3) is 0.500. The molecule has 0 aromatic carbocycles. The van der Waals surface area contributed by atoms with Crippen molar-refractivity contribution in [3.05, 3.63) is 27.2 Å². The predicted octanol–water partition coefficient (Wildman–Crippen LogP) is 2.26. The van der Waals surface area contributed by atoms with E-state index in [1.165, 1.54) is 17.4 Å². The number of ether oxygens (including phenoxy) is 2. The smallest absolute Gasteiger partial charge is 0.204 e. The highest BCUT2D eigenvalue weighted by Gasteiger charge is 2.11. The number of methoxy groups -OCH3 is 1. The summed E-state index contributed by atoms with van der Waals surface area (Å²) in [4.78, 5) is 13.9. The molecule has 0 aliphatic rings. The highest BCUT2D eigenvalue weighted by Crippen LogP contribution is 2.25. The maximum absolute atomic E-state index is 12.0. The van der Waals surface area contributed by atoms with Crippen LogP contribution in [-0.4, -0.2) is 40.5 Å². The molecular formula is C14H19NO4S. The van der Waals surface area contributed by atoms with Crippen LogP contribution in [0.4, 0.5) is 5.88 Å². The molecule has 0 saturated heterocycles. The monoisotopic (exact) mass is 297 g/mol. The second-order valence-electron chi connectivity index (χ2n) is 4.55. The van der Waals surface area contributed by atoms with Gasteiger partial charge in [-0.2, -0.15) is 0 Å². The number of nitrogens with zero attached hydrogens (tertiary/aromatic N) is 1. The van der Waals surface area contributed by atoms with Crippen LogP contribution < -0.4 is 10.3 Å². The Morgan fingerprint density at radius 3 is 2.90 bits per heavy atom. The molecule has 6 heteroatoms. The van der Waals surface area contributed by atoms with E-state index in [4.69, 9.17) is 13.9 Å². The number of rotatable bonds is 7. The van der Waals surface area contributed by atoms with Gasteiger partial charge in [0.2, 0.25) is 5.43 Å². The fourth-order valence-electron chi connectivity index (χ4n) is 1.79. The average molecular weight is 297 g/mol. The first kappa shape index (κ1) is 15.0. The zero-order valence-corrected chi connectivity index (χ0v) is 12.8. The summed E-state index contributed by atoms with van der Waals surface area (Å²) in [5.74, 6) is 0.569. The minimum atomic E-state index is 0.00602. The Hall–Kier alpha value is -1.37. The molecular weight excluding hydrogens is 278 g/mol. The van der Waals surface area contributed by atoms with Crippen molar-refractivity contribution < 1.29 is 13.9 Å². The molecule has 0 spiro atoms. The van der Waals surface area contributed by atoms with Gasteiger partial charge in [-0.25, -0.2) is 0 Å². The highest BCUT2D eigenvalue weighted by atomic mass is 32.1. The summed E-state index contributed by atoms with van der Waals surface area (Å²) in [6.45, 7) is 4.31. The van der Waals surface area contributed by atoms with E-state index in [2.05, 4.69) is 0 Å². The van der Waals surface area contributed by atoms with Crippen LogP contribution in [0.2, 0.25) is 0 Å². The summed E-state index contributed by atoms with van der Waals surface area (Å²) in [7, 11) is 3.52. The van der Waals surface area contributed by atoms with Crippen LogP contribution in [0.15, 0.2) is 20.7 Å². The van der Waals surface area contributed by atoms with Crippen molar-refractivity contribution in [3.63, 3.8) is 0 Å². The Morgan fingerprint density at radius 2 is 2.15 bits per heavy atom. The Kier molecular flexibility index (Phi) is 5.17. The molecule has 0 atom stereocenters. The summed E-state index contributed by atoms with van der Waals surface area (Å²) >= 11 is 1.42. The molecule has 2 aromatic rings. The molecule has 110 valence electrons. The van der Waals surface area contributed by atoms with E-state index in [9.17, 15) is 4.79 Å². The van der Waals surface area contributed by atoms with Crippen LogP contribution in [-0.2, 0) is 9.47 Å². The summed E-state index contributed by atoms with van der Waals surface area (Å²) in [5.41, 5.74) is 1.69. The largest absolute Gasteiger partial charge is 0.439 e. The van der Waals surface area contributed by atoms with E-state index in [0.717, 1.165) is 5.56 Å². The number of anilines is 1. The molecule has 5 nitrogen and oxygen atoms in total. The van der Waals surface area contributed by atoms with Crippen LogP contribution in [0.25, 0.3) is 10.3 Å². The number of fused-ring (bicyclic) bond motifs is 1. The first-order valence-corrected chi connectivity index (χ1v) is 7.31. The number of likely N-dealkylation sites (N-methyl/N-ethyl adjacent to an activating group) is 1. The lowest BCUT2D eigenvalue weighted by atomic mass is 10.3. The van der Waals surface area contributed by atoms with E-state index in [0.29, 0.717) is 42.5 Å². The molecule has 0 N–H and O–H groups in total. The minimum Gasteiger partial charge on any atom is -0.439 e. The number of hydrogen-bond acceptors (Lipinski definition) is 6. The van der Waals surface area contributed by atoms with Gasteiger partial charge in [-0.1, -0.05) is 0 Å². The van der Waals surface area contributed by atoms with Crippen molar-refractivity contribution in [1.82, 2.24) is 0 Å². The van der Waals surface area contributed by atoms with Gasteiger partial charge >= 0.3 is 0 Å². The molecule has 0 fully saturated rings. The standard InChI is InChI=1S/C14H19NO4S/c1-10-9-20-14-11(16)8-12(19-13(10)14)15(2)4-5-18-7-6-17-3/h8-9H,4-7H2,1-3H3. The second kappa shape index (κ2) is 6.88. The number of hydrogen-bond donors (Lipinski definition) is 0. The third-order valence-corrected chi connectivity index (χ3v) is 4.08. The Bertz CT molecular complexity index is 619. The molecule has 0 bridgehead atoms. The van der Waals surface area contributed by atoms with E-state index >= 15 is 0 Å². The van der Waals surface area contributed by atoms with Crippen molar-refractivity contribution in [3.8, 4) is 0 Å². The Balaban J connectivity index is 2.04. The van der Waals surface area contributed by atoms with Crippen LogP contribution in [0.5, 0.6) is 0 Å². The maximum Gasteiger partial charge on any atom is 0.204 e. The van der Waals surface area contributed by atoms with E-state index < -0.39 is 0 Å². The lowest BCUT2D eigenvalue weighted by Crippen LogP contribution is -2.24. The SMILES string of the molecule is COCCOCCN(C)c1cc(=O)c2scc(C)c2o1. The maximum atomic E-state index is 12.0. The third-order valence-electron chi connectivity index (χ3n) is 2.98. The molecule has 0 radical (unpaired) electrons. The first-order valence-electron chi connectivity index (χ1n) is 6.43. The Labute approximate surface area is 121 Å². The average Bonchev–Trinajstić information content (AvgIpc) is 2.81. The highest BCUT2D eigenvalue weighted by molar-refractivity contribution is 7.17. The molecule has 2 heterocycles. The third kappa shape index (κ3) is 3.39. The van der Waals surface area contributed by atoms with Gasteiger partial charge in [0.05, 0.1) is 19.8 Å². The van der Waals surface area contributed by atoms with Crippen molar-refractivity contribution in [2.24, 2.45) is 0 Å². The van der Waals surface area contributed by atoms with Crippen LogP contribution in [0, 0.1) is 6.92 Å². The van der Waals surface area contributed by atoms with Crippen molar-refractivity contribution in [1.29, 1.82) is 0 Å². The predicted molar refractivity (Wildman–Crippen MR) is 81.1 cm³/mol. The topological polar surface area (TPSA) is 51.9 Å². The van der Waals surface area contributed by atoms with Crippen LogP contribution in [0.1, 0.15) is 5.56 Å². The van der Waals surface area contributed by atoms with Crippen molar-refractivity contribution in [2.45, 2.75) is 6.92 Å². The van der Waals surface area contributed by atoms with Gasteiger partial charge in [-0.15, -0.1) is 11.3 Å². The molecule has 20 heavy (non-hydrogen) atoms. The van der Waals surface area contributed by atoms with Gasteiger partial charge < -0.3 is 18.8 Å². The van der Waals surface area contributed by atoms with Gasteiger partial charge in [-0.05, 0) is 12.3 Å². The number of thiophene rings is 1. The summed E-state index contributed by atoms with van der Waals surface area (Å²) in [6, 6.07) is 1.54. The summed E-state index contributed by atoms with van der Waals surface area (Å²) in [5, 5.41) is 1.94. The van der Waals surface area contributed by atoms with E-state index in [-0.39, 0.29) is 5.43 Å². The van der Waals surface area contributed by atoms with Crippen molar-refractivity contribution in [2.75, 3.05) is 45.4 Å². The lowest BCUT2D eigenvalue weighted by molar-refractivity contribution is 0.0741. The fourth-order valence-corrected chi connectivity index (χ4v) is 2.67. The summed E-state index contributed by atoms with van der Waals surface area (Å²) in [6.07, 6.45) is 0. The minimum absolute atomic E-state index is 0.00602. The van der Waals surface area contributed by atoms with Gasteiger partial charge in [0.1, 0.15) is 4.70 Å². The van der Waals surface area contributed by atoms with Gasteiger partial charge in [0.25, 0.3) is 0 Å². The zero-order chi connectivity index (χ0) is 14.5. The van der Waals surface area contributed by atoms with Crippen LogP contribution >= 0.6 is 11.3 Å². The van der Waals surface area contributed by atoms with Gasteiger partial charge in [0.15, 0.2) is 11.5 Å². The quantitative estimate of drug-likeness (QED) is 0.734. The first-order chi connectivity index (χ1) is 9.63. The molecule has 0 amide bonds. The zero-order valence-electron chi connectivity index (χ0n) is 12.0. The molecule has 0 aliphatic carbocycles. The summed E-state index contributed by atoms with van der Waals surface area (Å²) < 4.78 is 16.8. The molecule has 0 unspecified atom stereocenters. The lowest BCUT2D eigenvalue weighted by Gasteiger charge is -2.17. The molecule has 2 rings (SSSR count). The van der Waals surface area contributed by atoms with E-state index in [1.807, 2.05) is 24.3 Å². The van der Waals surface area contributed by atoms with Crippen LogP contribution in [0.3, 0.4) is 0 Å². The number of aryl methyl sites for hydroxylation is 1. The molecule has 2 aromatic heterocycles. The normalized spacial score (nSPS) is 11.2. The second-order valence-corrected chi connectivity index (χ2v) is 5.43. The Morgan fingerprint density at radius 1 is 1.35 bits per heavy atom. The van der Waals surface area contributed by atoms with Crippen molar-refractivity contribution >= 4 is 27.5 Å². The van der Waals surface area contributed by atoms with Gasteiger partial charge in [0, 0.05) is 32.3 Å². The molecule has 0 aliphatic heterocycles. The van der Waals surface area contributed by atoms with E-state index in [1.54, 1.807) is 7.11 Å². The van der Waals surface area contributed by atoms with Gasteiger partial charge in [-0.3, -0.25) is 4.79 Å². The molecule has 0 saturated carbocycles.